The van der Waals surface area contributed by atoms with E-state index in [0.717, 1.165) is 37.5 Å². The third-order valence-electron chi connectivity index (χ3n) is 4.72. The van der Waals surface area contributed by atoms with Crippen LogP contribution in [-0.2, 0) is 13.1 Å². The van der Waals surface area contributed by atoms with Crippen molar-refractivity contribution in [2.75, 3.05) is 26.2 Å². The van der Waals surface area contributed by atoms with E-state index >= 15 is 0 Å². The molecule has 1 fully saturated rings. The molecule has 2 heterocycles. The summed E-state index contributed by atoms with van der Waals surface area (Å²) in [6, 6.07) is 10.9. The number of benzene rings is 1. The predicted octanol–water partition coefficient (Wildman–Crippen LogP) is 2.65. The molecule has 0 atom stereocenters. The van der Waals surface area contributed by atoms with Crippen molar-refractivity contribution < 1.29 is 4.79 Å². The van der Waals surface area contributed by atoms with Gasteiger partial charge in [-0.25, -0.2) is 4.68 Å². The van der Waals surface area contributed by atoms with Crippen LogP contribution in [0, 0.1) is 0 Å². The lowest BCUT2D eigenvalue weighted by Gasteiger charge is -2.22. The van der Waals surface area contributed by atoms with E-state index < -0.39 is 0 Å². The lowest BCUT2D eigenvalue weighted by atomic mass is 10.2. The van der Waals surface area contributed by atoms with Gasteiger partial charge in [0, 0.05) is 50.4 Å². The summed E-state index contributed by atoms with van der Waals surface area (Å²) in [6.07, 6.45) is 1.71. The van der Waals surface area contributed by atoms with Crippen molar-refractivity contribution in [1.29, 1.82) is 0 Å². The quantitative estimate of drug-likeness (QED) is 0.790. The molecule has 1 aliphatic rings. The number of carbonyl (C=O) groups excluding carboxylic acids is 1. The molecule has 27 heavy (non-hydrogen) atoms. The van der Waals surface area contributed by atoms with E-state index in [1.54, 1.807) is 0 Å². The zero-order valence-electron chi connectivity index (χ0n) is 15.6. The second-order valence-electron chi connectivity index (χ2n) is 6.83. The van der Waals surface area contributed by atoms with Crippen LogP contribution >= 0.6 is 11.6 Å². The molecule has 0 bridgehead atoms. The van der Waals surface area contributed by atoms with Gasteiger partial charge >= 0.3 is 0 Å². The summed E-state index contributed by atoms with van der Waals surface area (Å²) in [4.78, 5) is 28.8. The molecule has 144 valence electrons. The number of hydrogen-bond acceptors (Lipinski definition) is 4. The molecule has 0 unspecified atom stereocenters. The smallest absolute Gasteiger partial charge is 0.274 e. The maximum absolute atomic E-state index is 12.8. The van der Waals surface area contributed by atoms with Crippen molar-refractivity contribution in [3.63, 3.8) is 0 Å². The fourth-order valence-corrected chi connectivity index (χ4v) is 3.40. The molecule has 6 nitrogen and oxygen atoms in total. The lowest BCUT2D eigenvalue weighted by molar-refractivity contribution is 0.0752. The van der Waals surface area contributed by atoms with Crippen LogP contribution in [0.2, 0.25) is 5.02 Å². The van der Waals surface area contributed by atoms with Gasteiger partial charge in [-0.15, -0.1) is 0 Å². The molecule has 7 heteroatoms. The number of amides is 1. The number of halogens is 1. The second kappa shape index (κ2) is 9.15. The summed E-state index contributed by atoms with van der Waals surface area (Å²) in [7, 11) is 0. The number of aryl methyl sites for hydroxylation is 1. The Labute approximate surface area is 164 Å². The molecule has 1 saturated heterocycles. The highest BCUT2D eigenvalue weighted by atomic mass is 35.5. The van der Waals surface area contributed by atoms with Crippen LogP contribution in [0.15, 0.2) is 41.2 Å². The zero-order chi connectivity index (χ0) is 19.2. The summed E-state index contributed by atoms with van der Waals surface area (Å²) in [5.74, 6) is -0.104. The van der Waals surface area contributed by atoms with Gasteiger partial charge in [0.1, 0.15) is 5.69 Å². The molecule has 3 rings (SSSR count). The molecule has 0 N–H and O–H groups in total. The van der Waals surface area contributed by atoms with Crippen molar-refractivity contribution in [1.82, 2.24) is 19.6 Å². The summed E-state index contributed by atoms with van der Waals surface area (Å²) >= 11 is 5.95. The Morgan fingerprint density at radius 1 is 1.07 bits per heavy atom. The monoisotopic (exact) mass is 388 g/mol. The number of carbonyl (C=O) groups is 1. The Balaban J connectivity index is 1.63. The Kier molecular flexibility index (Phi) is 6.63. The van der Waals surface area contributed by atoms with E-state index in [9.17, 15) is 9.59 Å². The summed E-state index contributed by atoms with van der Waals surface area (Å²) < 4.78 is 1.37. The normalized spacial score (nSPS) is 15.6. The molecule has 1 aliphatic heterocycles. The van der Waals surface area contributed by atoms with Crippen LogP contribution < -0.4 is 5.56 Å². The van der Waals surface area contributed by atoms with Crippen molar-refractivity contribution in [2.24, 2.45) is 0 Å². The fraction of sp³-hybridized carbons (Fsp3) is 0.450. The van der Waals surface area contributed by atoms with Gasteiger partial charge in [-0.3, -0.25) is 14.5 Å². The van der Waals surface area contributed by atoms with Crippen LogP contribution in [-0.4, -0.2) is 51.7 Å². The number of rotatable bonds is 5. The average Bonchev–Trinajstić information content (AvgIpc) is 2.90. The van der Waals surface area contributed by atoms with E-state index in [0.29, 0.717) is 25.3 Å². The molecule has 0 saturated carbocycles. The Morgan fingerprint density at radius 3 is 2.59 bits per heavy atom. The molecule has 0 spiro atoms. The van der Waals surface area contributed by atoms with Gasteiger partial charge in [0.15, 0.2) is 0 Å². The highest BCUT2D eigenvalue weighted by Gasteiger charge is 2.22. The summed E-state index contributed by atoms with van der Waals surface area (Å²) in [5, 5.41) is 4.99. The van der Waals surface area contributed by atoms with Crippen molar-refractivity contribution in [3.05, 3.63) is 63.0 Å². The zero-order valence-corrected chi connectivity index (χ0v) is 16.4. The molecule has 2 aromatic rings. The van der Waals surface area contributed by atoms with E-state index in [1.165, 1.54) is 22.4 Å². The van der Waals surface area contributed by atoms with Gasteiger partial charge in [-0.2, -0.15) is 5.10 Å². The van der Waals surface area contributed by atoms with E-state index in [2.05, 4.69) is 10.00 Å². The van der Waals surface area contributed by atoms with Gasteiger partial charge in [0.2, 0.25) is 0 Å². The SMILES string of the molecule is CCCn1nc(C(=O)N2CCCN(Cc3ccc(Cl)cc3)CC2)ccc1=O. The van der Waals surface area contributed by atoms with Crippen molar-refractivity contribution >= 4 is 17.5 Å². The molecule has 1 amide bonds. The van der Waals surface area contributed by atoms with Gasteiger partial charge < -0.3 is 4.90 Å². The predicted molar refractivity (Wildman–Crippen MR) is 106 cm³/mol. The Morgan fingerprint density at radius 2 is 1.85 bits per heavy atom. The third kappa shape index (κ3) is 5.17. The van der Waals surface area contributed by atoms with Crippen LogP contribution in [0.5, 0.6) is 0 Å². The van der Waals surface area contributed by atoms with Crippen LogP contribution in [0.25, 0.3) is 0 Å². The van der Waals surface area contributed by atoms with E-state index in [4.69, 9.17) is 11.6 Å². The second-order valence-corrected chi connectivity index (χ2v) is 7.26. The first kappa shape index (κ1) is 19.6. The van der Waals surface area contributed by atoms with E-state index in [-0.39, 0.29) is 11.5 Å². The molecular weight excluding hydrogens is 364 g/mol. The average molecular weight is 389 g/mol. The van der Waals surface area contributed by atoms with Crippen LogP contribution in [0.1, 0.15) is 35.8 Å². The minimum absolute atomic E-state index is 0.104. The Hall–Kier alpha value is -2.18. The topological polar surface area (TPSA) is 58.4 Å². The Bertz CT molecular complexity index is 835. The summed E-state index contributed by atoms with van der Waals surface area (Å²) in [6.45, 7) is 6.45. The number of aromatic nitrogens is 2. The van der Waals surface area contributed by atoms with Gasteiger partial charge in [0.05, 0.1) is 0 Å². The highest BCUT2D eigenvalue weighted by Crippen LogP contribution is 2.14. The number of nitrogens with zero attached hydrogens (tertiary/aromatic N) is 4. The fourth-order valence-electron chi connectivity index (χ4n) is 3.28. The molecule has 1 aromatic carbocycles. The summed E-state index contributed by atoms with van der Waals surface area (Å²) in [5.41, 5.74) is 1.39. The minimum atomic E-state index is -0.168. The largest absolute Gasteiger partial charge is 0.336 e. The first-order chi connectivity index (χ1) is 13.1. The number of hydrogen-bond donors (Lipinski definition) is 0. The van der Waals surface area contributed by atoms with Crippen LogP contribution in [0.4, 0.5) is 0 Å². The first-order valence-corrected chi connectivity index (χ1v) is 9.79. The minimum Gasteiger partial charge on any atom is -0.336 e. The standard InChI is InChI=1S/C20H25ClN4O2/c1-2-10-25-19(26)9-8-18(22-25)20(27)24-12-3-11-23(13-14-24)15-16-4-6-17(21)7-5-16/h4-9H,2-3,10-15H2,1H3. The van der Waals surface area contributed by atoms with Crippen molar-refractivity contribution in [2.45, 2.75) is 32.9 Å². The van der Waals surface area contributed by atoms with Gasteiger partial charge in [-0.1, -0.05) is 30.7 Å². The molecule has 0 radical (unpaired) electrons. The van der Waals surface area contributed by atoms with Gasteiger partial charge in [0.25, 0.3) is 11.5 Å². The van der Waals surface area contributed by atoms with Crippen LogP contribution in [0.3, 0.4) is 0 Å². The molecular formula is C20H25ClN4O2. The first-order valence-electron chi connectivity index (χ1n) is 9.41. The van der Waals surface area contributed by atoms with Crippen molar-refractivity contribution in [3.8, 4) is 0 Å². The third-order valence-corrected chi connectivity index (χ3v) is 4.97. The van der Waals surface area contributed by atoms with Gasteiger partial charge in [-0.05, 0) is 36.6 Å². The lowest BCUT2D eigenvalue weighted by Crippen LogP contribution is -2.36. The molecule has 0 aliphatic carbocycles. The maximum atomic E-state index is 12.8. The highest BCUT2D eigenvalue weighted by molar-refractivity contribution is 6.30. The molecule has 1 aromatic heterocycles. The maximum Gasteiger partial charge on any atom is 0.274 e. The van der Waals surface area contributed by atoms with E-state index in [1.807, 2.05) is 36.1 Å².